The van der Waals surface area contributed by atoms with Gasteiger partial charge in [-0.2, -0.15) is 0 Å². The van der Waals surface area contributed by atoms with Crippen molar-refractivity contribution in [2.75, 3.05) is 17.6 Å². The SMILES string of the molecule is C[C@@H](NC(=O)COc1ccc(Cl)cc1)c1ccc(NS(C)(=O)=O)cc1. The lowest BCUT2D eigenvalue weighted by molar-refractivity contribution is -0.123. The Balaban J connectivity index is 1.86. The van der Waals surface area contributed by atoms with Crippen LogP contribution in [0.5, 0.6) is 5.75 Å². The topological polar surface area (TPSA) is 84.5 Å². The second-order valence-corrected chi connectivity index (χ2v) is 7.71. The molecule has 0 aliphatic heterocycles. The van der Waals surface area contributed by atoms with Crippen molar-refractivity contribution < 1.29 is 17.9 Å². The van der Waals surface area contributed by atoms with Crippen LogP contribution in [0.2, 0.25) is 5.02 Å². The average Bonchev–Trinajstić information content (AvgIpc) is 2.53. The number of amides is 1. The van der Waals surface area contributed by atoms with Crippen LogP contribution in [0, 0.1) is 0 Å². The van der Waals surface area contributed by atoms with Crippen molar-refractivity contribution in [2.24, 2.45) is 0 Å². The van der Waals surface area contributed by atoms with E-state index in [4.69, 9.17) is 16.3 Å². The molecule has 0 fully saturated rings. The molecule has 2 N–H and O–H groups in total. The number of rotatable bonds is 7. The summed E-state index contributed by atoms with van der Waals surface area (Å²) in [5.41, 5.74) is 1.31. The highest BCUT2D eigenvalue weighted by Crippen LogP contribution is 2.17. The third-order valence-electron chi connectivity index (χ3n) is 3.27. The van der Waals surface area contributed by atoms with E-state index in [1.54, 1.807) is 48.5 Å². The van der Waals surface area contributed by atoms with Crippen molar-refractivity contribution in [3.8, 4) is 5.75 Å². The lowest BCUT2D eigenvalue weighted by atomic mass is 10.1. The maximum atomic E-state index is 12.0. The van der Waals surface area contributed by atoms with Crippen LogP contribution >= 0.6 is 11.6 Å². The molecule has 0 aliphatic carbocycles. The Kier molecular flexibility index (Phi) is 6.27. The highest BCUT2D eigenvalue weighted by molar-refractivity contribution is 7.92. The standard InChI is InChI=1S/C17H19ClN2O4S/c1-12(13-3-7-15(8-4-13)20-25(2,22)23)19-17(21)11-24-16-9-5-14(18)6-10-16/h3-10,12,20H,11H2,1-2H3,(H,19,21)/t12-/m1/s1. The Morgan fingerprint density at radius 2 is 1.72 bits per heavy atom. The number of hydrogen-bond donors (Lipinski definition) is 2. The van der Waals surface area contributed by atoms with E-state index in [1.807, 2.05) is 6.92 Å². The molecule has 2 rings (SSSR count). The van der Waals surface area contributed by atoms with Gasteiger partial charge in [-0.05, 0) is 48.9 Å². The highest BCUT2D eigenvalue weighted by atomic mass is 35.5. The van der Waals surface area contributed by atoms with Gasteiger partial charge in [-0.1, -0.05) is 23.7 Å². The second-order valence-electron chi connectivity index (χ2n) is 5.53. The summed E-state index contributed by atoms with van der Waals surface area (Å²) in [6, 6.07) is 13.3. The molecule has 0 heterocycles. The normalized spacial score (nSPS) is 12.3. The van der Waals surface area contributed by atoms with E-state index in [9.17, 15) is 13.2 Å². The van der Waals surface area contributed by atoms with Gasteiger partial charge in [-0.25, -0.2) is 8.42 Å². The summed E-state index contributed by atoms with van der Waals surface area (Å²) in [5, 5.41) is 3.41. The third-order valence-corrected chi connectivity index (χ3v) is 4.13. The minimum absolute atomic E-state index is 0.111. The molecule has 134 valence electrons. The van der Waals surface area contributed by atoms with Crippen LogP contribution in [-0.4, -0.2) is 27.2 Å². The van der Waals surface area contributed by atoms with Crippen LogP contribution in [0.4, 0.5) is 5.69 Å². The molecule has 0 unspecified atom stereocenters. The Labute approximate surface area is 152 Å². The van der Waals surface area contributed by atoms with E-state index in [0.717, 1.165) is 11.8 Å². The van der Waals surface area contributed by atoms with Crippen molar-refractivity contribution in [3.63, 3.8) is 0 Å². The monoisotopic (exact) mass is 382 g/mol. The molecule has 8 heteroatoms. The molecule has 0 saturated heterocycles. The minimum Gasteiger partial charge on any atom is -0.484 e. The Morgan fingerprint density at radius 3 is 2.28 bits per heavy atom. The number of carbonyl (C=O) groups is 1. The van der Waals surface area contributed by atoms with Crippen LogP contribution < -0.4 is 14.8 Å². The zero-order chi connectivity index (χ0) is 18.4. The molecule has 1 amide bonds. The fourth-order valence-electron chi connectivity index (χ4n) is 2.10. The molecular formula is C17H19ClN2O4S. The van der Waals surface area contributed by atoms with Crippen molar-refractivity contribution in [1.82, 2.24) is 5.32 Å². The maximum Gasteiger partial charge on any atom is 0.258 e. The van der Waals surface area contributed by atoms with Crippen molar-refractivity contribution in [2.45, 2.75) is 13.0 Å². The fraction of sp³-hybridized carbons (Fsp3) is 0.235. The molecule has 6 nitrogen and oxygen atoms in total. The molecule has 0 saturated carbocycles. The van der Waals surface area contributed by atoms with Gasteiger partial charge in [0.25, 0.3) is 5.91 Å². The van der Waals surface area contributed by atoms with Gasteiger partial charge >= 0.3 is 0 Å². The smallest absolute Gasteiger partial charge is 0.258 e. The third kappa shape index (κ3) is 6.64. The number of ether oxygens (including phenoxy) is 1. The van der Waals surface area contributed by atoms with Crippen molar-refractivity contribution >= 4 is 33.2 Å². The molecular weight excluding hydrogens is 364 g/mol. The first-order chi connectivity index (χ1) is 11.7. The molecule has 25 heavy (non-hydrogen) atoms. The number of hydrogen-bond acceptors (Lipinski definition) is 4. The summed E-state index contributed by atoms with van der Waals surface area (Å²) in [4.78, 5) is 12.0. The van der Waals surface area contributed by atoms with Gasteiger partial charge in [0, 0.05) is 10.7 Å². The molecule has 0 radical (unpaired) electrons. The summed E-state index contributed by atoms with van der Waals surface area (Å²) in [6.45, 7) is 1.72. The first-order valence-electron chi connectivity index (χ1n) is 7.48. The van der Waals surface area contributed by atoms with E-state index in [2.05, 4.69) is 10.0 Å². The van der Waals surface area contributed by atoms with Gasteiger partial charge in [0.2, 0.25) is 10.0 Å². The zero-order valence-corrected chi connectivity index (χ0v) is 15.4. The zero-order valence-electron chi connectivity index (χ0n) is 13.8. The summed E-state index contributed by atoms with van der Waals surface area (Å²) >= 11 is 5.78. The van der Waals surface area contributed by atoms with Crippen molar-refractivity contribution in [1.29, 1.82) is 0 Å². The highest BCUT2D eigenvalue weighted by Gasteiger charge is 2.11. The Hall–Kier alpha value is -2.25. The van der Waals surface area contributed by atoms with Crippen molar-refractivity contribution in [3.05, 3.63) is 59.1 Å². The van der Waals surface area contributed by atoms with Crippen LogP contribution in [0.3, 0.4) is 0 Å². The second kappa shape index (κ2) is 8.22. The van der Waals surface area contributed by atoms with Crippen LogP contribution in [0.25, 0.3) is 0 Å². The first-order valence-corrected chi connectivity index (χ1v) is 9.75. The van der Waals surface area contributed by atoms with Gasteiger partial charge < -0.3 is 10.1 Å². The minimum atomic E-state index is -3.31. The predicted molar refractivity (Wildman–Crippen MR) is 98.4 cm³/mol. The Morgan fingerprint density at radius 1 is 1.12 bits per heavy atom. The lowest BCUT2D eigenvalue weighted by Crippen LogP contribution is -2.31. The number of nitrogens with one attached hydrogen (secondary N) is 2. The summed E-state index contributed by atoms with van der Waals surface area (Å²) in [5.74, 6) is 0.296. The molecule has 0 aliphatic rings. The van der Waals surface area contributed by atoms with Crippen LogP contribution in [0.1, 0.15) is 18.5 Å². The molecule has 0 spiro atoms. The average molecular weight is 383 g/mol. The summed E-state index contributed by atoms with van der Waals surface area (Å²) < 4.78 is 30.1. The number of halogens is 1. The van der Waals surface area contributed by atoms with E-state index < -0.39 is 10.0 Å². The number of benzene rings is 2. The summed E-state index contributed by atoms with van der Waals surface area (Å²) in [7, 11) is -3.31. The summed E-state index contributed by atoms with van der Waals surface area (Å²) in [6.07, 6.45) is 1.09. The molecule has 0 bridgehead atoms. The molecule has 1 atom stereocenters. The number of carbonyl (C=O) groups excluding carboxylic acids is 1. The molecule has 2 aromatic carbocycles. The Bertz CT molecular complexity index is 821. The van der Waals surface area contributed by atoms with E-state index in [-0.39, 0.29) is 18.6 Å². The number of sulfonamides is 1. The van der Waals surface area contributed by atoms with Gasteiger partial charge in [0.05, 0.1) is 12.3 Å². The lowest BCUT2D eigenvalue weighted by Gasteiger charge is -2.15. The van der Waals surface area contributed by atoms with Gasteiger partial charge in [0.15, 0.2) is 6.61 Å². The van der Waals surface area contributed by atoms with E-state index in [1.165, 1.54) is 0 Å². The molecule has 0 aromatic heterocycles. The van der Waals surface area contributed by atoms with Gasteiger partial charge in [0.1, 0.15) is 5.75 Å². The van der Waals surface area contributed by atoms with E-state index >= 15 is 0 Å². The van der Waals surface area contributed by atoms with Crippen LogP contribution in [0.15, 0.2) is 48.5 Å². The van der Waals surface area contributed by atoms with Gasteiger partial charge in [-0.3, -0.25) is 9.52 Å². The largest absolute Gasteiger partial charge is 0.484 e. The predicted octanol–water partition coefficient (Wildman–Crippen LogP) is 2.97. The fourth-order valence-corrected chi connectivity index (χ4v) is 2.79. The maximum absolute atomic E-state index is 12.0. The first kappa shape index (κ1) is 19.1. The molecule has 2 aromatic rings. The quantitative estimate of drug-likeness (QED) is 0.771. The number of anilines is 1. The van der Waals surface area contributed by atoms with Crippen LogP contribution in [-0.2, 0) is 14.8 Å². The van der Waals surface area contributed by atoms with Gasteiger partial charge in [-0.15, -0.1) is 0 Å². The van der Waals surface area contributed by atoms with E-state index in [0.29, 0.717) is 16.5 Å².